The number of nitrogens with zero attached hydrogens (tertiary/aromatic N) is 2. The molecule has 2 aliphatic rings. The molecule has 160 valence electrons. The second-order valence-corrected chi connectivity index (χ2v) is 9.69. The minimum atomic E-state index is -2.66. The number of aromatic nitrogens is 2. The normalized spacial score (nSPS) is 25.8. The maximum absolute atomic E-state index is 13.7. The molecule has 0 saturated heterocycles. The third-order valence-electron chi connectivity index (χ3n) is 6.29. The summed E-state index contributed by atoms with van der Waals surface area (Å²) in [6.07, 6.45) is 0.868. The van der Waals surface area contributed by atoms with E-state index >= 15 is 0 Å². The highest BCUT2D eigenvalue weighted by atomic mass is 32.1. The van der Waals surface area contributed by atoms with Crippen molar-refractivity contribution >= 4 is 21.6 Å². The van der Waals surface area contributed by atoms with Gasteiger partial charge in [-0.15, -0.1) is 11.3 Å². The van der Waals surface area contributed by atoms with Crippen LogP contribution in [0.15, 0.2) is 9.59 Å². The second kappa shape index (κ2) is 7.59. The topological polar surface area (TPSA) is 82.1 Å². The molecule has 0 spiro atoms. The van der Waals surface area contributed by atoms with Gasteiger partial charge in [0.15, 0.2) is 0 Å². The SMILES string of the molecule is Cc1c(CNCCN)sc2c1c(=O)n(C1C[C@@H]1C)c(=O)n2CC1CCC(F)(F)C1. The highest BCUT2D eigenvalue weighted by Gasteiger charge is 2.41. The van der Waals surface area contributed by atoms with Crippen molar-refractivity contribution < 1.29 is 8.78 Å². The standard InChI is InChI=1S/C20H28F2N4O2S/c1-11-7-14(11)26-17(27)16-12(2)15(9-24-6-5-23)29-18(16)25(19(26)28)10-13-3-4-20(21,22)8-13/h11,13-14,24H,3-10,23H2,1-2H3/t11-,13?,14?/m0/s1. The van der Waals surface area contributed by atoms with Gasteiger partial charge in [-0.2, -0.15) is 0 Å². The molecule has 0 bridgehead atoms. The molecule has 2 fully saturated rings. The molecule has 0 aromatic carbocycles. The highest BCUT2D eigenvalue weighted by molar-refractivity contribution is 7.18. The second-order valence-electron chi connectivity index (χ2n) is 8.61. The quantitative estimate of drug-likeness (QED) is 0.667. The molecule has 2 unspecified atom stereocenters. The van der Waals surface area contributed by atoms with E-state index in [1.54, 1.807) is 4.57 Å². The van der Waals surface area contributed by atoms with Crippen molar-refractivity contribution in [2.45, 2.75) is 64.6 Å². The molecule has 2 aliphatic carbocycles. The third kappa shape index (κ3) is 3.80. The fourth-order valence-electron chi connectivity index (χ4n) is 4.45. The van der Waals surface area contributed by atoms with Crippen LogP contribution in [0.4, 0.5) is 8.78 Å². The number of nitrogens with two attached hydrogens (primary N) is 1. The van der Waals surface area contributed by atoms with Crippen molar-refractivity contribution in [3.05, 3.63) is 31.3 Å². The summed E-state index contributed by atoms with van der Waals surface area (Å²) in [5.74, 6) is -2.63. The van der Waals surface area contributed by atoms with Gasteiger partial charge in [0.1, 0.15) is 4.83 Å². The number of hydrogen-bond donors (Lipinski definition) is 2. The summed E-state index contributed by atoms with van der Waals surface area (Å²) in [5, 5.41) is 3.80. The van der Waals surface area contributed by atoms with Gasteiger partial charge in [0.05, 0.1) is 5.39 Å². The zero-order chi connectivity index (χ0) is 20.9. The predicted molar refractivity (Wildman–Crippen MR) is 111 cm³/mol. The number of alkyl halides is 2. The number of thiophene rings is 1. The Bertz CT molecular complexity index is 1040. The average molecular weight is 427 g/mol. The monoisotopic (exact) mass is 426 g/mol. The summed E-state index contributed by atoms with van der Waals surface area (Å²) < 4.78 is 30.4. The van der Waals surface area contributed by atoms with E-state index in [-0.39, 0.29) is 48.5 Å². The van der Waals surface area contributed by atoms with E-state index in [1.165, 1.54) is 15.9 Å². The lowest BCUT2D eigenvalue weighted by Gasteiger charge is -2.16. The molecule has 2 aromatic heterocycles. The van der Waals surface area contributed by atoms with Gasteiger partial charge in [-0.3, -0.25) is 13.9 Å². The molecule has 3 atom stereocenters. The molecule has 9 heteroatoms. The number of hydrogen-bond acceptors (Lipinski definition) is 5. The van der Waals surface area contributed by atoms with Crippen LogP contribution in [0, 0.1) is 18.8 Å². The Labute approximate surface area is 171 Å². The van der Waals surface area contributed by atoms with Crippen molar-refractivity contribution in [3.8, 4) is 0 Å². The molecule has 2 heterocycles. The van der Waals surface area contributed by atoms with Crippen LogP contribution in [0.1, 0.15) is 49.1 Å². The molecule has 0 radical (unpaired) electrons. The number of nitrogens with one attached hydrogen (secondary N) is 1. The van der Waals surface area contributed by atoms with Gasteiger partial charge in [-0.05, 0) is 37.2 Å². The van der Waals surface area contributed by atoms with E-state index < -0.39 is 5.92 Å². The van der Waals surface area contributed by atoms with E-state index in [4.69, 9.17) is 5.73 Å². The van der Waals surface area contributed by atoms with E-state index in [1.807, 2.05) is 13.8 Å². The zero-order valence-electron chi connectivity index (χ0n) is 16.8. The predicted octanol–water partition coefficient (Wildman–Crippen LogP) is 2.60. The fourth-order valence-corrected chi connectivity index (χ4v) is 5.72. The van der Waals surface area contributed by atoms with E-state index in [2.05, 4.69) is 5.32 Å². The van der Waals surface area contributed by atoms with Crippen LogP contribution in [0.5, 0.6) is 0 Å². The lowest BCUT2D eigenvalue weighted by molar-refractivity contribution is 0.00434. The van der Waals surface area contributed by atoms with Crippen molar-refractivity contribution in [2.24, 2.45) is 17.6 Å². The van der Waals surface area contributed by atoms with Crippen LogP contribution >= 0.6 is 11.3 Å². The largest absolute Gasteiger partial charge is 0.332 e. The minimum absolute atomic E-state index is 0.0891. The summed E-state index contributed by atoms with van der Waals surface area (Å²) >= 11 is 1.41. The first-order valence-corrected chi connectivity index (χ1v) is 11.1. The van der Waals surface area contributed by atoms with Crippen molar-refractivity contribution in [3.63, 3.8) is 0 Å². The Morgan fingerprint density at radius 3 is 2.66 bits per heavy atom. The van der Waals surface area contributed by atoms with Crippen LogP contribution in [-0.4, -0.2) is 28.1 Å². The summed E-state index contributed by atoms with van der Waals surface area (Å²) in [6.45, 7) is 5.89. The first-order chi connectivity index (χ1) is 13.7. The molecule has 6 nitrogen and oxygen atoms in total. The van der Waals surface area contributed by atoms with Crippen LogP contribution in [0.3, 0.4) is 0 Å². The van der Waals surface area contributed by atoms with Crippen LogP contribution in [-0.2, 0) is 13.1 Å². The summed E-state index contributed by atoms with van der Waals surface area (Å²) in [7, 11) is 0. The smallest absolute Gasteiger partial charge is 0.329 e. The molecule has 2 saturated carbocycles. The van der Waals surface area contributed by atoms with Gasteiger partial charge in [-0.25, -0.2) is 13.6 Å². The van der Waals surface area contributed by atoms with Crippen molar-refractivity contribution in [1.29, 1.82) is 0 Å². The lowest BCUT2D eigenvalue weighted by Crippen LogP contribution is -2.40. The van der Waals surface area contributed by atoms with Crippen molar-refractivity contribution in [1.82, 2.24) is 14.5 Å². The minimum Gasteiger partial charge on any atom is -0.329 e. The van der Waals surface area contributed by atoms with E-state index in [0.717, 1.165) is 16.9 Å². The summed E-state index contributed by atoms with van der Waals surface area (Å²) in [6, 6.07) is -0.0891. The van der Waals surface area contributed by atoms with Crippen LogP contribution in [0.2, 0.25) is 0 Å². The van der Waals surface area contributed by atoms with Gasteiger partial charge in [0.2, 0.25) is 5.92 Å². The Balaban J connectivity index is 1.82. The molecule has 4 rings (SSSR count). The van der Waals surface area contributed by atoms with Gasteiger partial charge in [-0.1, -0.05) is 6.92 Å². The average Bonchev–Trinajstić information content (AvgIpc) is 3.11. The fraction of sp³-hybridized carbons (Fsp3) is 0.700. The molecule has 3 N–H and O–H groups in total. The maximum Gasteiger partial charge on any atom is 0.332 e. The summed E-state index contributed by atoms with van der Waals surface area (Å²) in [5.41, 5.74) is 5.81. The van der Waals surface area contributed by atoms with Gasteiger partial charge in [0, 0.05) is 49.9 Å². The Hall–Kier alpha value is -1.58. The first kappa shape index (κ1) is 20.7. The highest BCUT2D eigenvalue weighted by Crippen LogP contribution is 2.42. The molecular formula is C20H28F2N4O2S. The molecule has 0 amide bonds. The number of aryl methyl sites for hydroxylation is 1. The first-order valence-electron chi connectivity index (χ1n) is 10.3. The van der Waals surface area contributed by atoms with Crippen LogP contribution < -0.4 is 22.3 Å². The van der Waals surface area contributed by atoms with Crippen LogP contribution in [0.25, 0.3) is 10.2 Å². The van der Waals surface area contributed by atoms with Gasteiger partial charge < -0.3 is 11.1 Å². The molecule has 2 aromatic rings. The van der Waals surface area contributed by atoms with E-state index in [0.29, 0.717) is 36.3 Å². The van der Waals surface area contributed by atoms with Gasteiger partial charge >= 0.3 is 5.69 Å². The Kier molecular flexibility index (Phi) is 5.41. The van der Waals surface area contributed by atoms with Gasteiger partial charge in [0.25, 0.3) is 5.56 Å². The number of rotatable bonds is 7. The number of fused-ring (bicyclic) bond motifs is 1. The molecule has 0 aliphatic heterocycles. The van der Waals surface area contributed by atoms with E-state index in [9.17, 15) is 18.4 Å². The summed E-state index contributed by atoms with van der Waals surface area (Å²) in [4.78, 5) is 28.1. The maximum atomic E-state index is 13.7. The lowest BCUT2D eigenvalue weighted by atomic mass is 10.1. The Morgan fingerprint density at radius 1 is 1.34 bits per heavy atom. The molecular weight excluding hydrogens is 398 g/mol. The third-order valence-corrected chi connectivity index (χ3v) is 7.61. The Morgan fingerprint density at radius 2 is 2.07 bits per heavy atom. The molecule has 29 heavy (non-hydrogen) atoms. The number of halogens is 2. The zero-order valence-corrected chi connectivity index (χ0v) is 17.7. The van der Waals surface area contributed by atoms with Crippen molar-refractivity contribution in [2.75, 3.05) is 13.1 Å².